The molecule has 2 rings (SSSR count). The molecule has 1 aromatic heterocycles. The Morgan fingerprint density at radius 2 is 1.94 bits per heavy atom. The van der Waals surface area contributed by atoms with Crippen molar-refractivity contribution in [1.82, 2.24) is 9.97 Å². The SMILES string of the molecule is Cc1cnc(C(N)c2ccccc2F)cn1. The molecule has 4 heteroatoms. The van der Waals surface area contributed by atoms with Crippen molar-refractivity contribution in [3.63, 3.8) is 0 Å². The third kappa shape index (κ3) is 2.06. The lowest BCUT2D eigenvalue weighted by atomic mass is 10.0. The molecule has 0 aliphatic carbocycles. The molecule has 0 amide bonds. The van der Waals surface area contributed by atoms with Gasteiger partial charge in [0.2, 0.25) is 0 Å². The van der Waals surface area contributed by atoms with Crippen LogP contribution in [0.15, 0.2) is 36.7 Å². The first-order valence-electron chi connectivity index (χ1n) is 4.97. The van der Waals surface area contributed by atoms with Crippen molar-refractivity contribution >= 4 is 0 Å². The van der Waals surface area contributed by atoms with Gasteiger partial charge in [-0.05, 0) is 13.0 Å². The van der Waals surface area contributed by atoms with Crippen LogP contribution in [-0.4, -0.2) is 9.97 Å². The number of aryl methyl sites for hydroxylation is 1. The molecule has 0 fully saturated rings. The van der Waals surface area contributed by atoms with Crippen LogP contribution < -0.4 is 5.73 Å². The molecule has 1 aromatic carbocycles. The molecule has 0 radical (unpaired) electrons. The summed E-state index contributed by atoms with van der Waals surface area (Å²) in [5.74, 6) is -0.322. The van der Waals surface area contributed by atoms with Gasteiger partial charge in [0.15, 0.2) is 0 Å². The summed E-state index contributed by atoms with van der Waals surface area (Å²) in [5, 5.41) is 0. The Morgan fingerprint density at radius 1 is 1.19 bits per heavy atom. The zero-order valence-electron chi connectivity index (χ0n) is 8.89. The minimum atomic E-state index is -0.575. The Morgan fingerprint density at radius 3 is 2.56 bits per heavy atom. The number of hydrogen-bond acceptors (Lipinski definition) is 3. The van der Waals surface area contributed by atoms with Gasteiger partial charge in [0.1, 0.15) is 5.82 Å². The van der Waals surface area contributed by atoms with Crippen molar-refractivity contribution in [2.45, 2.75) is 13.0 Å². The third-order valence-corrected chi connectivity index (χ3v) is 2.36. The number of benzene rings is 1. The number of rotatable bonds is 2. The number of nitrogens with zero attached hydrogens (tertiary/aromatic N) is 2. The molecule has 0 bridgehead atoms. The summed E-state index contributed by atoms with van der Waals surface area (Å²) in [7, 11) is 0. The lowest BCUT2D eigenvalue weighted by Gasteiger charge is -2.11. The van der Waals surface area contributed by atoms with Gasteiger partial charge in [0, 0.05) is 11.8 Å². The Bertz CT molecular complexity index is 482. The largest absolute Gasteiger partial charge is 0.319 e. The van der Waals surface area contributed by atoms with E-state index >= 15 is 0 Å². The molecule has 2 aromatic rings. The molecule has 0 saturated heterocycles. The number of aromatic nitrogens is 2. The predicted octanol–water partition coefficient (Wildman–Crippen LogP) is 1.97. The minimum absolute atomic E-state index is 0.322. The van der Waals surface area contributed by atoms with Crippen LogP contribution in [0.2, 0.25) is 0 Å². The van der Waals surface area contributed by atoms with E-state index < -0.39 is 6.04 Å². The molecule has 1 unspecified atom stereocenters. The minimum Gasteiger partial charge on any atom is -0.319 e. The van der Waals surface area contributed by atoms with E-state index in [1.165, 1.54) is 6.07 Å². The molecule has 0 aliphatic rings. The highest BCUT2D eigenvalue weighted by Gasteiger charge is 2.14. The molecule has 16 heavy (non-hydrogen) atoms. The van der Waals surface area contributed by atoms with E-state index in [1.807, 2.05) is 6.92 Å². The van der Waals surface area contributed by atoms with Gasteiger partial charge < -0.3 is 5.73 Å². The summed E-state index contributed by atoms with van der Waals surface area (Å²) < 4.78 is 13.5. The highest BCUT2D eigenvalue weighted by Crippen LogP contribution is 2.19. The fraction of sp³-hybridized carbons (Fsp3) is 0.167. The topological polar surface area (TPSA) is 51.8 Å². The smallest absolute Gasteiger partial charge is 0.128 e. The second kappa shape index (κ2) is 4.37. The van der Waals surface area contributed by atoms with E-state index in [0.717, 1.165) is 5.69 Å². The first-order valence-corrected chi connectivity index (χ1v) is 4.97. The number of halogens is 1. The summed E-state index contributed by atoms with van der Waals surface area (Å²) in [6.07, 6.45) is 3.20. The summed E-state index contributed by atoms with van der Waals surface area (Å²) >= 11 is 0. The van der Waals surface area contributed by atoms with Crippen LogP contribution in [0, 0.1) is 12.7 Å². The summed E-state index contributed by atoms with van der Waals surface area (Å²) in [4.78, 5) is 8.23. The van der Waals surface area contributed by atoms with Gasteiger partial charge >= 0.3 is 0 Å². The molecule has 2 N–H and O–H groups in total. The van der Waals surface area contributed by atoms with E-state index in [4.69, 9.17) is 5.73 Å². The van der Waals surface area contributed by atoms with Crippen LogP contribution in [0.3, 0.4) is 0 Å². The van der Waals surface area contributed by atoms with E-state index in [-0.39, 0.29) is 5.82 Å². The van der Waals surface area contributed by atoms with Gasteiger partial charge in [-0.15, -0.1) is 0 Å². The van der Waals surface area contributed by atoms with Crippen LogP contribution in [0.25, 0.3) is 0 Å². The maximum atomic E-state index is 13.5. The zero-order chi connectivity index (χ0) is 11.5. The first-order chi connectivity index (χ1) is 7.68. The van der Waals surface area contributed by atoms with Crippen LogP contribution in [0.4, 0.5) is 4.39 Å². The molecule has 1 heterocycles. The van der Waals surface area contributed by atoms with Crippen molar-refractivity contribution in [1.29, 1.82) is 0 Å². The summed E-state index contributed by atoms with van der Waals surface area (Å²) in [6, 6.07) is 5.85. The predicted molar refractivity (Wildman–Crippen MR) is 59.2 cm³/mol. The Balaban J connectivity index is 2.35. The van der Waals surface area contributed by atoms with Gasteiger partial charge in [-0.2, -0.15) is 0 Å². The first kappa shape index (κ1) is 10.7. The van der Waals surface area contributed by atoms with Crippen LogP contribution in [-0.2, 0) is 0 Å². The highest BCUT2D eigenvalue weighted by molar-refractivity contribution is 5.27. The average molecular weight is 217 g/mol. The lowest BCUT2D eigenvalue weighted by molar-refractivity contribution is 0.596. The molecule has 1 atom stereocenters. The van der Waals surface area contributed by atoms with Gasteiger partial charge in [0.05, 0.1) is 23.6 Å². The van der Waals surface area contributed by atoms with E-state index in [0.29, 0.717) is 11.3 Å². The zero-order valence-corrected chi connectivity index (χ0v) is 8.89. The number of nitrogens with two attached hydrogens (primary N) is 1. The molecule has 0 spiro atoms. The Hall–Kier alpha value is -1.81. The third-order valence-electron chi connectivity index (χ3n) is 2.36. The van der Waals surface area contributed by atoms with Crippen LogP contribution >= 0.6 is 0 Å². The molecule has 3 nitrogen and oxygen atoms in total. The van der Waals surface area contributed by atoms with Gasteiger partial charge in [-0.25, -0.2) is 4.39 Å². The second-order valence-corrected chi connectivity index (χ2v) is 3.58. The molecule has 82 valence electrons. The fourth-order valence-electron chi connectivity index (χ4n) is 1.45. The van der Waals surface area contributed by atoms with Crippen molar-refractivity contribution in [3.05, 3.63) is 59.4 Å². The van der Waals surface area contributed by atoms with Crippen molar-refractivity contribution in [3.8, 4) is 0 Å². The van der Waals surface area contributed by atoms with Crippen molar-refractivity contribution in [2.75, 3.05) is 0 Å². The Kier molecular flexibility index (Phi) is 2.92. The quantitative estimate of drug-likeness (QED) is 0.836. The fourth-order valence-corrected chi connectivity index (χ4v) is 1.45. The Labute approximate surface area is 93.2 Å². The second-order valence-electron chi connectivity index (χ2n) is 3.58. The van der Waals surface area contributed by atoms with E-state index in [1.54, 1.807) is 30.6 Å². The normalized spacial score (nSPS) is 12.4. The maximum absolute atomic E-state index is 13.5. The lowest BCUT2D eigenvalue weighted by Crippen LogP contribution is -2.15. The van der Waals surface area contributed by atoms with Crippen molar-refractivity contribution < 1.29 is 4.39 Å². The van der Waals surface area contributed by atoms with Crippen molar-refractivity contribution in [2.24, 2.45) is 5.73 Å². The monoisotopic (exact) mass is 217 g/mol. The standard InChI is InChI=1S/C12H12FN3/c1-8-6-16-11(7-15-8)12(14)9-4-2-3-5-10(9)13/h2-7,12H,14H2,1H3. The highest BCUT2D eigenvalue weighted by atomic mass is 19.1. The average Bonchev–Trinajstić information content (AvgIpc) is 2.30. The molecular weight excluding hydrogens is 205 g/mol. The van der Waals surface area contributed by atoms with Gasteiger partial charge in [-0.1, -0.05) is 18.2 Å². The number of hydrogen-bond donors (Lipinski definition) is 1. The molecular formula is C12H12FN3. The maximum Gasteiger partial charge on any atom is 0.128 e. The van der Waals surface area contributed by atoms with Gasteiger partial charge in [0.25, 0.3) is 0 Å². The summed E-state index contributed by atoms with van der Waals surface area (Å²) in [5.41, 5.74) is 7.73. The molecule has 0 aliphatic heterocycles. The van der Waals surface area contributed by atoms with E-state index in [2.05, 4.69) is 9.97 Å². The van der Waals surface area contributed by atoms with Crippen LogP contribution in [0.1, 0.15) is 23.0 Å². The van der Waals surface area contributed by atoms with Gasteiger partial charge in [-0.3, -0.25) is 9.97 Å². The van der Waals surface area contributed by atoms with E-state index in [9.17, 15) is 4.39 Å². The van der Waals surface area contributed by atoms with Crippen LogP contribution in [0.5, 0.6) is 0 Å². The molecule has 0 saturated carbocycles. The summed E-state index contributed by atoms with van der Waals surface area (Å²) in [6.45, 7) is 1.84.